The van der Waals surface area contributed by atoms with Crippen LogP contribution in [-0.4, -0.2) is 22.5 Å². The van der Waals surface area contributed by atoms with Gasteiger partial charge in [-0.2, -0.15) is 0 Å². The van der Waals surface area contributed by atoms with Crippen molar-refractivity contribution in [2.24, 2.45) is 10.9 Å². The van der Waals surface area contributed by atoms with E-state index in [4.69, 9.17) is 10.9 Å². The Balaban J connectivity index is 2.22. The van der Waals surface area contributed by atoms with Crippen LogP contribution in [0.3, 0.4) is 0 Å². The molecule has 21 heavy (non-hydrogen) atoms. The van der Waals surface area contributed by atoms with E-state index in [9.17, 15) is 9.18 Å². The average molecular weight is 293 g/mol. The van der Waals surface area contributed by atoms with Crippen molar-refractivity contribution >= 4 is 11.7 Å². The number of oxime groups is 1. The van der Waals surface area contributed by atoms with Crippen LogP contribution in [0.1, 0.15) is 48.9 Å². The van der Waals surface area contributed by atoms with Crippen LogP contribution in [0.5, 0.6) is 0 Å². The van der Waals surface area contributed by atoms with Crippen molar-refractivity contribution in [3.05, 3.63) is 35.6 Å². The molecule has 0 aromatic heterocycles. The van der Waals surface area contributed by atoms with Crippen molar-refractivity contribution in [2.75, 3.05) is 0 Å². The predicted octanol–water partition coefficient (Wildman–Crippen LogP) is 2.39. The van der Waals surface area contributed by atoms with Crippen LogP contribution < -0.4 is 11.1 Å². The van der Waals surface area contributed by atoms with Gasteiger partial charge >= 0.3 is 0 Å². The maximum Gasteiger partial charge on any atom is 0.252 e. The number of amides is 1. The van der Waals surface area contributed by atoms with E-state index in [-0.39, 0.29) is 11.7 Å². The van der Waals surface area contributed by atoms with Crippen molar-refractivity contribution in [3.8, 4) is 0 Å². The third kappa shape index (κ3) is 3.51. The molecule has 1 aromatic carbocycles. The molecule has 4 N–H and O–H groups in total. The molecule has 1 saturated carbocycles. The Bertz CT molecular complexity index is 520. The van der Waals surface area contributed by atoms with Crippen molar-refractivity contribution in [1.82, 2.24) is 5.32 Å². The second-order valence-corrected chi connectivity index (χ2v) is 5.44. The van der Waals surface area contributed by atoms with Crippen molar-refractivity contribution in [2.45, 2.75) is 44.1 Å². The Hall–Kier alpha value is -2.11. The maximum absolute atomic E-state index is 12.9. The van der Waals surface area contributed by atoms with E-state index in [1.165, 1.54) is 24.3 Å². The van der Waals surface area contributed by atoms with Gasteiger partial charge in [0.2, 0.25) is 0 Å². The molecule has 1 aliphatic carbocycles. The molecule has 0 aliphatic heterocycles. The summed E-state index contributed by atoms with van der Waals surface area (Å²) >= 11 is 0. The third-order valence-corrected chi connectivity index (χ3v) is 4.01. The first-order valence-electron chi connectivity index (χ1n) is 7.13. The van der Waals surface area contributed by atoms with Gasteiger partial charge in [0, 0.05) is 5.56 Å². The van der Waals surface area contributed by atoms with Gasteiger partial charge in [-0.15, -0.1) is 0 Å². The number of nitrogens with two attached hydrogens (primary N) is 1. The first-order chi connectivity index (χ1) is 10.1. The molecule has 5 nitrogen and oxygen atoms in total. The quantitative estimate of drug-likeness (QED) is 0.263. The molecule has 1 aromatic rings. The molecule has 0 saturated heterocycles. The molecule has 1 amide bonds. The molecular weight excluding hydrogens is 273 g/mol. The lowest BCUT2D eigenvalue weighted by Crippen LogP contribution is -2.57. The minimum absolute atomic E-state index is 0.0276. The van der Waals surface area contributed by atoms with E-state index >= 15 is 0 Å². The zero-order chi connectivity index (χ0) is 15.3. The number of hydrogen-bond acceptors (Lipinski definition) is 3. The molecule has 1 fully saturated rings. The van der Waals surface area contributed by atoms with E-state index in [1.807, 2.05) is 0 Å². The number of hydrogen-bond donors (Lipinski definition) is 3. The van der Waals surface area contributed by atoms with Gasteiger partial charge in [-0.1, -0.05) is 30.8 Å². The van der Waals surface area contributed by atoms with Gasteiger partial charge in [-0.05, 0) is 37.1 Å². The monoisotopic (exact) mass is 293 g/mol. The summed E-state index contributed by atoms with van der Waals surface area (Å²) < 4.78 is 12.9. The van der Waals surface area contributed by atoms with Gasteiger partial charge in [-0.3, -0.25) is 4.79 Å². The van der Waals surface area contributed by atoms with Crippen LogP contribution in [0.25, 0.3) is 0 Å². The molecule has 0 bridgehead atoms. The molecule has 0 atom stereocenters. The van der Waals surface area contributed by atoms with Gasteiger partial charge < -0.3 is 16.3 Å². The first-order valence-corrected chi connectivity index (χ1v) is 7.13. The molecule has 2 rings (SSSR count). The zero-order valence-corrected chi connectivity index (χ0v) is 11.8. The van der Waals surface area contributed by atoms with E-state index in [1.54, 1.807) is 0 Å². The molecule has 6 heteroatoms. The average Bonchev–Trinajstić information content (AvgIpc) is 2.73. The largest absolute Gasteiger partial charge is 0.409 e. The van der Waals surface area contributed by atoms with Gasteiger partial charge in [0.05, 0.1) is 0 Å². The highest BCUT2D eigenvalue weighted by Gasteiger charge is 2.37. The lowest BCUT2D eigenvalue weighted by atomic mass is 9.88. The Kier molecular flexibility index (Phi) is 4.77. The van der Waals surface area contributed by atoms with Crippen molar-refractivity contribution in [1.29, 1.82) is 0 Å². The van der Waals surface area contributed by atoms with Crippen LogP contribution in [0.15, 0.2) is 29.4 Å². The highest BCUT2D eigenvalue weighted by molar-refractivity contribution is 6.00. The molecule has 0 heterocycles. The predicted molar refractivity (Wildman–Crippen MR) is 77.7 cm³/mol. The van der Waals surface area contributed by atoms with Gasteiger partial charge in [0.25, 0.3) is 5.91 Å². The van der Waals surface area contributed by atoms with E-state index in [2.05, 4.69) is 10.5 Å². The third-order valence-electron chi connectivity index (χ3n) is 4.01. The van der Waals surface area contributed by atoms with Crippen LogP contribution in [0, 0.1) is 5.82 Å². The minimum atomic E-state index is -0.823. The summed E-state index contributed by atoms with van der Waals surface area (Å²) in [6, 6.07) is 5.30. The summed E-state index contributed by atoms with van der Waals surface area (Å²) in [4.78, 5) is 12.3. The zero-order valence-electron chi connectivity index (χ0n) is 11.8. The molecule has 114 valence electrons. The van der Waals surface area contributed by atoms with Gasteiger partial charge in [0.15, 0.2) is 5.84 Å². The first kappa shape index (κ1) is 15.3. The Morgan fingerprint density at radius 1 is 1.19 bits per heavy atom. The van der Waals surface area contributed by atoms with E-state index < -0.39 is 11.4 Å². The SMILES string of the molecule is N/C(=N/O)C1(NC(=O)c2ccc(F)cc2)CCCCCC1. The summed E-state index contributed by atoms with van der Waals surface area (Å²) in [5.41, 5.74) is 5.36. The van der Waals surface area contributed by atoms with Gasteiger partial charge in [0.1, 0.15) is 11.4 Å². The smallest absolute Gasteiger partial charge is 0.252 e. The number of carbonyl (C=O) groups excluding carboxylic acids is 1. The Morgan fingerprint density at radius 2 is 1.76 bits per heavy atom. The number of halogens is 1. The van der Waals surface area contributed by atoms with Crippen LogP contribution in [0.4, 0.5) is 4.39 Å². The summed E-state index contributed by atoms with van der Waals surface area (Å²) in [7, 11) is 0. The number of nitrogens with zero attached hydrogens (tertiary/aromatic N) is 1. The van der Waals surface area contributed by atoms with E-state index in [0.29, 0.717) is 18.4 Å². The lowest BCUT2D eigenvalue weighted by Gasteiger charge is -2.32. The summed E-state index contributed by atoms with van der Waals surface area (Å²) in [6.07, 6.45) is 5.20. The number of amidine groups is 1. The number of carbonyl (C=O) groups is 1. The van der Waals surface area contributed by atoms with Crippen molar-refractivity contribution < 1.29 is 14.4 Å². The van der Waals surface area contributed by atoms with Crippen LogP contribution in [-0.2, 0) is 0 Å². The van der Waals surface area contributed by atoms with Crippen LogP contribution >= 0.6 is 0 Å². The Morgan fingerprint density at radius 3 is 2.29 bits per heavy atom. The summed E-state index contributed by atoms with van der Waals surface area (Å²) in [5, 5.41) is 15.0. The second kappa shape index (κ2) is 6.56. The molecular formula is C15H20FN3O2. The lowest BCUT2D eigenvalue weighted by molar-refractivity contribution is 0.0915. The van der Waals surface area contributed by atoms with Crippen molar-refractivity contribution in [3.63, 3.8) is 0 Å². The topological polar surface area (TPSA) is 87.7 Å². The summed E-state index contributed by atoms with van der Waals surface area (Å²) in [6.45, 7) is 0. The minimum Gasteiger partial charge on any atom is -0.409 e. The fraction of sp³-hybridized carbons (Fsp3) is 0.467. The standard InChI is InChI=1S/C15H20FN3O2/c16-12-7-5-11(6-8-12)13(20)18-15(14(17)19-21)9-3-1-2-4-10-15/h5-8,21H,1-4,9-10H2,(H2,17,19)(H,18,20). The highest BCUT2D eigenvalue weighted by atomic mass is 19.1. The number of benzene rings is 1. The maximum atomic E-state index is 12.9. The number of nitrogens with one attached hydrogen (secondary N) is 1. The molecule has 0 unspecified atom stereocenters. The molecule has 1 aliphatic rings. The molecule has 0 radical (unpaired) electrons. The van der Waals surface area contributed by atoms with E-state index in [0.717, 1.165) is 25.7 Å². The second-order valence-electron chi connectivity index (χ2n) is 5.44. The Labute approximate surface area is 123 Å². The normalized spacial score (nSPS) is 18.8. The van der Waals surface area contributed by atoms with Crippen LogP contribution in [0.2, 0.25) is 0 Å². The molecule has 0 spiro atoms. The van der Waals surface area contributed by atoms with Gasteiger partial charge in [-0.25, -0.2) is 4.39 Å². The highest BCUT2D eigenvalue weighted by Crippen LogP contribution is 2.28. The summed E-state index contributed by atoms with van der Waals surface area (Å²) in [5.74, 6) is -0.712. The fourth-order valence-corrected chi connectivity index (χ4v) is 2.76. The fourth-order valence-electron chi connectivity index (χ4n) is 2.76. The number of rotatable bonds is 3.